The molecule has 0 spiro atoms. The molecule has 0 heterocycles. The number of nitrogens with zero attached hydrogens (tertiary/aromatic N) is 1. The summed E-state index contributed by atoms with van der Waals surface area (Å²) in [5, 5.41) is 13.4. The third-order valence-electron chi connectivity index (χ3n) is 3.30. The van der Waals surface area contributed by atoms with Crippen LogP contribution < -0.4 is 5.32 Å². The number of carbonyl (C=O) groups is 2. The molecule has 2 aromatic carbocycles. The minimum absolute atomic E-state index is 0.364. The highest BCUT2D eigenvalue weighted by atomic mass is 32.2. The molecule has 25 heavy (non-hydrogen) atoms. The van der Waals surface area contributed by atoms with Crippen LogP contribution in [0.2, 0.25) is 0 Å². The molecule has 0 aliphatic rings. The van der Waals surface area contributed by atoms with E-state index in [1.54, 1.807) is 36.0 Å². The van der Waals surface area contributed by atoms with E-state index >= 15 is 0 Å². The number of amides is 1. The van der Waals surface area contributed by atoms with Crippen molar-refractivity contribution in [3.63, 3.8) is 0 Å². The second-order valence-corrected chi connectivity index (χ2v) is 6.76. The monoisotopic (exact) mass is 372 g/mol. The number of ether oxygens (including phenoxy) is 1. The Hall–Kier alpha value is -2.43. The zero-order chi connectivity index (χ0) is 18.2. The molecule has 128 valence electrons. The Labute approximate surface area is 154 Å². The standard InChI is InChI=1S/C18H16N2O3S2/c1-12-9-15(25-11-19)7-8-16(12)20-17(21)10-23-18(22)13-3-5-14(24-2)6-4-13/h3-9H,10H2,1-2H3,(H,20,21). The SMILES string of the molecule is CSc1ccc(C(=O)OCC(=O)Nc2ccc(SC#N)cc2C)cc1. The van der Waals surface area contributed by atoms with Gasteiger partial charge in [0.2, 0.25) is 0 Å². The molecule has 0 aliphatic heterocycles. The number of nitriles is 1. The predicted molar refractivity (Wildman–Crippen MR) is 99.8 cm³/mol. The smallest absolute Gasteiger partial charge is 0.338 e. The van der Waals surface area contributed by atoms with Crippen molar-refractivity contribution in [2.45, 2.75) is 16.7 Å². The molecule has 0 aliphatic carbocycles. The normalized spacial score (nSPS) is 9.96. The quantitative estimate of drug-likeness (QED) is 0.467. The van der Waals surface area contributed by atoms with Crippen LogP contribution >= 0.6 is 23.5 Å². The zero-order valence-electron chi connectivity index (χ0n) is 13.7. The van der Waals surface area contributed by atoms with Gasteiger partial charge in [-0.1, -0.05) is 0 Å². The van der Waals surface area contributed by atoms with Crippen molar-refractivity contribution in [3.05, 3.63) is 53.6 Å². The molecule has 1 N–H and O–H groups in total. The Morgan fingerprint density at radius 3 is 2.44 bits per heavy atom. The van der Waals surface area contributed by atoms with Crippen molar-refractivity contribution >= 4 is 41.1 Å². The summed E-state index contributed by atoms with van der Waals surface area (Å²) in [6, 6.07) is 12.3. The van der Waals surface area contributed by atoms with Crippen molar-refractivity contribution in [3.8, 4) is 5.40 Å². The van der Waals surface area contributed by atoms with Gasteiger partial charge in [0.25, 0.3) is 5.91 Å². The first kappa shape index (κ1) is 18.9. The summed E-state index contributed by atoms with van der Waals surface area (Å²) in [7, 11) is 0. The number of esters is 1. The Bertz CT molecular complexity index is 814. The Morgan fingerprint density at radius 1 is 1.16 bits per heavy atom. The summed E-state index contributed by atoms with van der Waals surface area (Å²) in [6.45, 7) is 1.47. The number of hydrogen-bond donors (Lipinski definition) is 1. The second-order valence-electron chi connectivity index (χ2n) is 5.02. The largest absolute Gasteiger partial charge is 0.452 e. The minimum atomic E-state index is -0.541. The lowest BCUT2D eigenvalue weighted by atomic mass is 10.2. The van der Waals surface area contributed by atoms with E-state index in [4.69, 9.17) is 10.00 Å². The third kappa shape index (κ3) is 5.55. The van der Waals surface area contributed by atoms with Gasteiger partial charge >= 0.3 is 5.97 Å². The van der Waals surface area contributed by atoms with E-state index in [2.05, 4.69) is 5.32 Å². The maximum absolute atomic E-state index is 12.0. The highest BCUT2D eigenvalue weighted by molar-refractivity contribution is 8.03. The van der Waals surface area contributed by atoms with Gasteiger partial charge in [0.05, 0.1) is 5.56 Å². The van der Waals surface area contributed by atoms with Crippen LogP contribution in [0.5, 0.6) is 0 Å². The van der Waals surface area contributed by atoms with Gasteiger partial charge in [-0.05, 0) is 73.0 Å². The summed E-state index contributed by atoms with van der Waals surface area (Å²) in [6.07, 6.45) is 1.95. The molecule has 5 nitrogen and oxygen atoms in total. The summed E-state index contributed by atoms with van der Waals surface area (Å²) in [5.41, 5.74) is 1.85. The number of benzene rings is 2. The molecule has 2 aromatic rings. The highest BCUT2D eigenvalue weighted by Gasteiger charge is 2.11. The van der Waals surface area contributed by atoms with Crippen LogP contribution in [0, 0.1) is 17.6 Å². The lowest BCUT2D eigenvalue weighted by Crippen LogP contribution is -2.21. The number of thiocyanates is 1. The molecular formula is C18H16N2O3S2. The van der Waals surface area contributed by atoms with E-state index in [9.17, 15) is 9.59 Å². The van der Waals surface area contributed by atoms with E-state index in [0.717, 1.165) is 27.1 Å². The van der Waals surface area contributed by atoms with Crippen LogP contribution in [0.25, 0.3) is 0 Å². The number of rotatable bonds is 6. The van der Waals surface area contributed by atoms with Gasteiger partial charge in [0.15, 0.2) is 6.61 Å². The number of aryl methyl sites for hydroxylation is 1. The fraction of sp³-hybridized carbons (Fsp3) is 0.167. The maximum atomic E-state index is 12.0. The van der Waals surface area contributed by atoms with Crippen LogP contribution in [-0.2, 0) is 9.53 Å². The van der Waals surface area contributed by atoms with Crippen LogP contribution in [0.4, 0.5) is 5.69 Å². The van der Waals surface area contributed by atoms with E-state index in [1.807, 2.05) is 36.8 Å². The number of nitrogens with one attached hydrogen (secondary N) is 1. The number of anilines is 1. The van der Waals surface area contributed by atoms with Gasteiger partial charge in [0.1, 0.15) is 5.40 Å². The highest BCUT2D eigenvalue weighted by Crippen LogP contribution is 2.23. The van der Waals surface area contributed by atoms with Crippen molar-refractivity contribution in [1.29, 1.82) is 5.26 Å². The molecule has 0 fully saturated rings. The lowest BCUT2D eigenvalue weighted by molar-refractivity contribution is -0.119. The van der Waals surface area contributed by atoms with Gasteiger partial charge in [-0.15, -0.1) is 11.8 Å². The van der Waals surface area contributed by atoms with Crippen molar-refractivity contribution < 1.29 is 14.3 Å². The topological polar surface area (TPSA) is 79.2 Å². The van der Waals surface area contributed by atoms with Gasteiger partial charge < -0.3 is 10.1 Å². The van der Waals surface area contributed by atoms with Gasteiger partial charge in [-0.3, -0.25) is 4.79 Å². The molecule has 0 unspecified atom stereocenters. The Morgan fingerprint density at radius 2 is 1.84 bits per heavy atom. The fourth-order valence-electron chi connectivity index (χ4n) is 2.02. The van der Waals surface area contributed by atoms with E-state index in [-0.39, 0.29) is 6.61 Å². The molecule has 2 rings (SSSR count). The molecule has 0 bridgehead atoms. The maximum Gasteiger partial charge on any atom is 0.338 e. The first-order chi connectivity index (χ1) is 12.0. The Kier molecular flexibility index (Phi) is 6.92. The average Bonchev–Trinajstić information content (AvgIpc) is 2.62. The first-order valence-electron chi connectivity index (χ1n) is 7.31. The first-order valence-corrected chi connectivity index (χ1v) is 9.35. The molecular weight excluding hydrogens is 356 g/mol. The minimum Gasteiger partial charge on any atom is -0.452 e. The molecule has 0 saturated carbocycles. The zero-order valence-corrected chi connectivity index (χ0v) is 15.4. The Balaban J connectivity index is 1.89. The van der Waals surface area contributed by atoms with Crippen LogP contribution in [0.3, 0.4) is 0 Å². The van der Waals surface area contributed by atoms with Gasteiger partial charge in [-0.25, -0.2) is 4.79 Å². The number of hydrogen-bond acceptors (Lipinski definition) is 6. The van der Waals surface area contributed by atoms with Crippen LogP contribution in [-0.4, -0.2) is 24.7 Å². The molecule has 0 saturated heterocycles. The van der Waals surface area contributed by atoms with Crippen molar-refractivity contribution in [1.82, 2.24) is 0 Å². The average molecular weight is 372 g/mol. The molecule has 7 heteroatoms. The van der Waals surface area contributed by atoms with Crippen LogP contribution in [0.1, 0.15) is 15.9 Å². The van der Waals surface area contributed by atoms with E-state index < -0.39 is 11.9 Å². The van der Waals surface area contributed by atoms with Crippen molar-refractivity contribution in [2.75, 3.05) is 18.2 Å². The fourth-order valence-corrected chi connectivity index (χ4v) is 2.91. The van der Waals surface area contributed by atoms with E-state index in [0.29, 0.717) is 11.3 Å². The van der Waals surface area contributed by atoms with Crippen molar-refractivity contribution in [2.24, 2.45) is 0 Å². The summed E-state index contributed by atoms with van der Waals surface area (Å²) in [4.78, 5) is 25.8. The number of thioether (sulfide) groups is 2. The molecule has 0 radical (unpaired) electrons. The molecule has 0 aromatic heterocycles. The van der Waals surface area contributed by atoms with Crippen LogP contribution in [0.15, 0.2) is 52.3 Å². The molecule has 0 atom stereocenters. The number of carbonyl (C=O) groups excluding carboxylic acids is 2. The predicted octanol–water partition coefficient (Wildman–Crippen LogP) is 4.09. The third-order valence-corrected chi connectivity index (χ3v) is 4.62. The van der Waals surface area contributed by atoms with E-state index in [1.165, 1.54) is 0 Å². The summed E-state index contributed by atoms with van der Waals surface area (Å²) < 4.78 is 5.03. The molecule has 1 amide bonds. The summed E-state index contributed by atoms with van der Waals surface area (Å²) in [5.74, 6) is -0.960. The lowest BCUT2D eigenvalue weighted by Gasteiger charge is -2.10. The second kappa shape index (κ2) is 9.16. The van der Waals surface area contributed by atoms with Gasteiger partial charge in [-0.2, -0.15) is 5.26 Å². The van der Waals surface area contributed by atoms with Gasteiger partial charge in [0, 0.05) is 15.5 Å². The summed E-state index contributed by atoms with van der Waals surface area (Å²) >= 11 is 2.63.